The van der Waals surface area contributed by atoms with Gasteiger partial charge in [0, 0.05) is 11.8 Å². The SMILES string of the molecule is CC(=O)c1c[nH]c(C(=O)N[C@@H](c2ccccc2)c2n[nH]c(C)n2)c1. The molecule has 0 saturated heterocycles. The molecule has 0 spiro atoms. The Labute approximate surface area is 138 Å². The molecule has 1 amide bonds. The first-order chi connectivity index (χ1) is 11.5. The monoisotopic (exact) mass is 323 g/mol. The van der Waals surface area contributed by atoms with E-state index in [1.54, 1.807) is 6.92 Å². The molecule has 2 aromatic heterocycles. The van der Waals surface area contributed by atoms with Crippen LogP contribution in [0.15, 0.2) is 42.6 Å². The highest BCUT2D eigenvalue weighted by Gasteiger charge is 2.22. The second-order valence-corrected chi connectivity index (χ2v) is 5.45. The minimum absolute atomic E-state index is 0.102. The van der Waals surface area contributed by atoms with Gasteiger partial charge in [-0.1, -0.05) is 30.3 Å². The van der Waals surface area contributed by atoms with Crippen molar-refractivity contribution in [1.82, 2.24) is 25.5 Å². The van der Waals surface area contributed by atoms with Crippen LogP contribution in [0.5, 0.6) is 0 Å². The number of benzene rings is 1. The second-order valence-electron chi connectivity index (χ2n) is 5.45. The molecule has 0 bridgehead atoms. The Morgan fingerprint density at radius 2 is 1.96 bits per heavy atom. The van der Waals surface area contributed by atoms with Crippen LogP contribution in [-0.4, -0.2) is 31.9 Å². The maximum Gasteiger partial charge on any atom is 0.268 e. The molecule has 0 unspecified atom stereocenters. The molecule has 1 atom stereocenters. The molecule has 122 valence electrons. The number of aromatic amines is 2. The number of carbonyl (C=O) groups excluding carboxylic acids is 2. The van der Waals surface area contributed by atoms with Crippen molar-refractivity contribution in [2.75, 3.05) is 0 Å². The van der Waals surface area contributed by atoms with Crippen molar-refractivity contribution < 1.29 is 9.59 Å². The zero-order chi connectivity index (χ0) is 17.1. The van der Waals surface area contributed by atoms with Crippen LogP contribution in [0.25, 0.3) is 0 Å². The Kier molecular flexibility index (Phi) is 4.24. The lowest BCUT2D eigenvalue weighted by molar-refractivity contribution is 0.0937. The number of nitrogens with one attached hydrogen (secondary N) is 3. The highest BCUT2D eigenvalue weighted by atomic mass is 16.2. The quantitative estimate of drug-likeness (QED) is 0.626. The average Bonchev–Trinajstić information content (AvgIpc) is 3.22. The molecule has 3 aromatic rings. The summed E-state index contributed by atoms with van der Waals surface area (Å²) in [4.78, 5) is 31.0. The van der Waals surface area contributed by atoms with Gasteiger partial charge in [0.2, 0.25) is 0 Å². The number of aromatic nitrogens is 4. The molecular formula is C17H17N5O2. The molecule has 7 nitrogen and oxygen atoms in total. The van der Waals surface area contributed by atoms with E-state index in [1.807, 2.05) is 30.3 Å². The zero-order valence-electron chi connectivity index (χ0n) is 13.3. The van der Waals surface area contributed by atoms with E-state index in [2.05, 4.69) is 25.5 Å². The maximum atomic E-state index is 12.5. The normalized spacial score (nSPS) is 11.9. The molecule has 0 aliphatic rings. The minimum Gasteiger partial charge on any atom is -0.356 e. The van der Waals surface area contributed by atoms with Crippen LogP contribution < -0.4 is 5.32 Å². The molecular weight excluding hydrogens is 306 g/mol. The number of hydrogen-bond donors (Lipinski definition) is 3. The van der Waals surface area contributed by atoms with Gasteiger partial charge in [-0.15, -0.1) is 0 Å². The summed E-state index contributed by atoms with van der Waals surface area (Å²) in [5, 5.41) is 9.85. The van der Waals surface area contributed by atoms with E-state index in [0.717, 1.165) is 5.56 Å². The lowest BCUT2D eigenvalue weighted by Gasteiger charge is -2.15. The van der Waals surface area contributed by atoms with E-state index in [4.69, 9.17) is 0 Å². The van der Waals surface area contributed by atoms with Crippen LogP contribution in [0.4, 0.5) is 0 Å². The Bertz CT molecular complexity index is 866. The Morgan fingerprint density at radius 3 is 2.54 bits per heavy atom. The lowest BCUT2D eigenvalue weighted by Crippen LogP contribution is -2.30. The van der Waals surface area contributed by atoms with Gasteiger partial charge in [0.15, 0.2) is 11.6 Å². The lowest BCUT2D eigenvalue weighted by atomic mass is 10.1. The summed E-state index contributed by atoms with van der Waals surface area (Å²) in [6, 6.07) is 10.5. The van der Waals surface area contributed by atoms with Crippen molar-refractivity contribution in [1.29, 1.82) is 0 Å². The van der Waals surface area contributed by atoms with Crippen molar-refractivity contribution in [2.24, 2.45) is 0 Å². The Morgan fingerprint density at radius 1 is 1.21 bits per heavy atom. The highest BCUT2D eigenvalue weighted by molar-refractivity contribution is 5.99. The van der Waals surface area contributed by atoms with Gasteiger partial charge in [0.05, 0.1) is 0 Å². The average molecular weight is 323 g/mol. The number of rotatable bonds is 5. The van der Waals surface area contributed by atoms with Gasteiger partial charge in [-0.2, -0.15) is 5.10 Å². The van der Waals surface area contributed by atoms with Gasteiger partial charge in [-0.3, -0.25) is 14.7 Å². The fourth-order valence-corrected chi connectivity index (χ4v) is 2.37. The number of amides is 1. The number of nitrogens with zero attached hydrogens (tertiary/aromatic N) is 2. The summed E-state index contributed by atoms with van der Waals surface area (Å²) in [5.74, 6) is 0.706. The summed E-state index contributed by atoms with van der Waals surface area (Å²) >= 11 is 0. The number of hydrogen-bond acceptors (Lipinski definition) is 4. The predicted molar refractivity (Wildman–Crippen MR) is 87.7 cm³/mol. The molecule has 0 aliphatic heterocycles. The minimum atomic E-state index is -0.493. The van der Waals surface area contributed by atoms with Crippen LogP contribution in [0.2, 0.25) is 0 Å². The molecule has 24 heavy (non-hydrogen) atoms. The van der Waals surface area contributed by atoms with Crippen molar-refractivity contribution in [3.63, 3.8) is 0 Å². The molecule has 0 radical (unpaired) electrons. The molecule has 3 rings (SSSR count). The van der Waals surface area contributed by atoms with Crippen molar-refractivity contribution in [3.8, 4) is 0 Å². The van der Waals surface area contributed by atoms with Crippen LogP contribution in [-0.2, 0) is 0 Å². The summed E-state index contributed by atoms with van der Waals surface area (Å²) in [7, 11) is 0. The number of carbonyl (C=O) groups is 2. The number of Topliss-reactive ketones (excluding diaryl/α,β-unsaturated/α-hetero) is 1. The standard InChI is InChI=1S/C17H17N5O2/c1-10(23)13-8-14(18-9-13)17(24)20-15(12-6-4-3-5-7-12)16-19-11(2)21-22-16/h3-9,15,18H,1-2H3,(H,20,24)(H,19,21,22)/t15-/m0/s1. The first-order valence-electron chi connectivity index (χ1n) is 7.48. The van der Waals surface area contributed by atoms with E-state index in [-0.39, 0.29) is 11.7 Å². The molecule has 0 aliphatic carbocycles. The van der Waals surface area contributed by atoms with Crippen molar-refractivity contribution in [3.05, 3.63) is 71.1 Å². The third-order valence-electron chi connectivity index (χ3n) is 3.62. The largest absolute Gasteiger partial charge is 0.356 e. The van der Waals surface area contributed by atoms with Gasteiger partial charge in [0.1, 0.15) is 17.6 Å². The Hall–Kier alpha value is -3.22. The summed E-state index contributed by atoms with van der Waals surface area (Å²) < 4.78 is 0. The highest BCUT2D eigenvalue weighted by Crippen LogP contribution is 2.19. The smallest absolute Gasteiger partial charge is 0.268 e. The molecule has 1 aromatic carbocycles. The molecule has 3 N–H and O–H groups in total. The van der Waals surface area contributed by atoms with Crippen molar-refractivity contribution in [2.45, 2.75) is 19.9 Å². The topological polar surface area (TPSA) is 104 Å². The third-order valence-corrected chi connectivity index (χ3v) is 3.62. The summed E-state index contributed by atoms with van der Waals surface area (Å²) in [5.41, 5.74) is 1.64. The van der Waals surface area contributed by atoms with Crippen LogP contribution in [0.1, 0.15) is 51.0 Å². The summed E-state index contributed by atoms with van der Waals surface area (Å²) in [6.45, 7) is 3.25. The van der Waals surface area contributed by atoms with Gasteiger partial charge in [-0.05, 0) is 25.5 Å². The summed E-state index contributed by atoms with van der Waals surface area (Å²) in [6.07, 6.45) is 1.52. The molecule has 0 saturated carbocycles. The zero-order valence-corrected chi connectivity index (χ0v) is 13.3. The van der Waals surface area contributed by atoms with E-state index < -0.39 is 6.04 Å². The van der Waals surface area contributed by atoms with Crippen LogP contribution >= 0.6 is 0 Å². The van der Waals surface area contributed by atoms with Gasteiger partial charge >= 0.3 is 0 Å². The van der Waals surface area contributed by atoms with Crippen LogP contribution in [0.3, 0.4) is 0 Å². The fraction of sp³-hybridized carbons (Fsp3) is 0.176. The number of aryl methyl sites for hydroxylation is 1. The Balaban J connectivity index is 1.88. The first-order valence-corrected chi connectivity index (χ1v) is 7.48. The van der Waals surface area contributed by atoms with Gasteiger partial charge < -0.3 is 10.3 Å². The fourth-order valence-electron chi connectivity index (χ4n) is 2.37. The molecule has 7 heteroatoms. The third kappa shape index (κ3) is 3.24. The number of H-pyrrole nitrogens is 2. The molecule has 0 fully saturated rings. The second kappa shape index (κ2) is 6.49. The molecule has 2 heterocycles. The van der Waals surface area contributed by atoms with E-state index in [1.165, 1.54) is 19.2 Å². The van der Waals surface area contributed by atoms with Crippen molar-refractivity contribution >= 4 is 11.7 Å². The number of ketones is 1. The van der Waals surface area contributed by atoms with E-state index >= 15 is 0 Å². The first kappa shape index (κ1) is 15.7. The van der Waals surface area contributed by atoms with E-state index in [9.17, 15) is 9.59 Å². The van der Waals surface area contributed by atoms with Gasteiger partial charge in [0.25, 0.3) is 5.91 Å². The van der Waals surface area contributed by atoms with Gasteiger partial charge in [-0.25, -0.2) is 4.98 Å². The predicted octanol–water partition coefficient (Wildman–Crippen LogP) is 2.16. The maximum absolute atomic E-state index is 12.5. The van der Waals surface area contributed by atoms with E-state index in [0.29, 0.717) is 22.9 Å². The van der Waals surface area contributed by atoms with Crippen LogP contribution in [0, 0.1) is 6.92 Å².